The molecule has 0 aliphatic heterocycles. The van der Waals surface area contributed by atoms with Crippen LogP contribution in [-0.4, -0.2) is 15.5 Å². The molecule has 1 heterocycles. The van der Waals surface area contributed by atoms with E-state index in [2.05, 4.69) is 10.4 Å². The molecule has 0 bridgehead atoms. The predicted octanol–water partition coefficient (Wildman–Crippen LogP) is 3.30. The second-order valence-corrected chi connectivity index (χ2v) is 6.00. The van der Waals surface area contributed by atoms with Gasteiger partial charge in [-0.3, -0.25) is 10.2 Å². The van der Waals surface area contributed by atoms with Crippen LogP contribution in [0, 0.1) is 6.92 Å². The number of hydrazine groups is 1. The number of fused-ring (bicyclic) bond motifs is 1. The quantitative estimate of drug-likeness (QED) is 0.433. The fraction of sp³-hybridized carbons (Fsp3) is 0.125. The minimum Gasteiger partial charge on any atom is -0.324 e. The first-order valence-electron chi connectivity index (χ1n) is 6.91. The SMILES string of the molecule is Cc1nc2ccc(C(=O)NN)cc2n1Cc1ccc(Cl)cc1Cl. The third kappa shape index (κ3) is 3.03. The Balaban J connectivity index is 2.08. The van der Waals surface area contributed by atoms with E-state index in [4.69, 9.17) is 29.0 Å². The highest BCUT2D eigenvalue weighted by atomic mass is 35.5. The molecule has 0 spiro atoms. The molecule has 0 saturated heterocycles. The fourth-order valence-corrected chi connectivity index (χ4v) is 2.96. The Hall–Kier alpha value is -2.08. The lowest BCUT2D eigenvalue weighted by Crippen LogP contribution is -2.29. The zero-order chi connectivity index (χ0) is 16.6. The number of nitrogen functional groups attached to an aromatic ring is 1. The molecule has 0 radical (unpaired) electrons. The van der Waals surface area contributed by atoms with Crippen LogP contribution in [0.4, 0.5) is 0 Å². The van der Waals surface area contributed by atoms with Gasteiger partial charge in [0.15, 0.2) is 0 Å². The second-order valence-electron chi connectivity index (χ2n) is 5.16. The molecule has 118 valence electrons. The highest BCUT2D eigenvalue weighted by molar-refractivity contribution is 6.35. The summed E-state index contributed by atoms with van der Waals surface area (Å²) >= 11 is 12.2. The monoisotopic (exact) mass is 348 g/mol. The van der Waals surface area contributed by atoms with Gasteiger partial charge in [-0.15, -0.1) is 0 Å². The minimum absolute atomic E-state index is 0.346. The summed E-state index contributed by atoms with van der Waals surface area (Å²) < 4.78 is 2.00. The third-order valence-corrected chi connectivity index (χ3v) is 4.26. The maximum Gasteiger partial charge on any atom is 0.265 e. The van der Waals surface area contributed by atoms with Crippen molar-refractivity contribution in [3.63, 3.8) is 0 Å². The van der Waals surface area contributed by atoms with Crippen LogP contribution in [0.1, 0.15) is 21.7 Å². The highest BCUT2D eigenvalue weighted by Crippen LogP contribution is 2.25. The number of imidazole rings is 1. The van der Waals surface area contributed by atoms with Gasteiger partial charge in [-0.05, 0) is 42.8 Å². The molecule has 0 unspecified atom stereocenters. The van der Waals surface area contributed by atoms with Crippen LogP contribution >= 0.6 is 23.2 Å². The lowest BCUT2D eigenvalue weighted by Gasteiger charge is -2.10. The standard InChI is InChI=1S/C16H14Cl2N4O/c1-9-20-14-5-3-10(16(23)21-19)6-15(14)22(9)8-11-2-4-12(17)7-13(11)18/h2-7H,8,19H2,1H3,(H,21,23). The van der Waals surface area contributed by atoms with Crippen LogP contribution in [-0.2, 0) is 6.54 Å². The third-order valence-electron chi connectivity index (χ3n) is 3.68. The molecule has 7 heteroatoms. The second kappa shape index (κ2) is 6.20. The van der Waals surface area contributed by atoms with Crippen LogP contribution in [0.3, 0.4) is 0 Å². The van der Waals surface area contributed by atoms with Crippen molar-refractivity contribution in [3.8, 4) is 0 Å². The lowest BCUT2D eigenvalue weighted by molar-refractivity contribution is 0.0954. The number of carbonyl (C=O) groups is 1. The van der Waals surface area contributed by atoms with E-state index in [9.17, 15) is 4.79 Å². The van der Waals surface area contributed by atoms with E-state index in [-0.39, 0.29) is 5.91 Å². The molecule has 5 nitrogen and oxygen atoms in total. The van der Waals surface area contributed by atoms with Gasteiger partial charge in [0.05, 0.1) is 17.6 Å². The summed E-state index contributed by atoms with van der Waals surface area (Å²) in [6.07, 6.45) is 0. The van der Waals surface area contributed by atoms with Gasteiger partial charge in [0.1, 0.15) is 5.82 Å². The molecule has 2 aromatic carbocycles. The molecule has 1 aromatic heterocycles. The smallest absolute Gasteiger partial charge is 0.265 e. The van der Waals surface area contributed by atoms with E-state index in [0.29, 0.717) is 22.2 Å². The first kappa shape index (κ1) is 15.8. The van der Waals surface area contributed by atoms with E-state index in [1.807, 2.05) is 17.6 Å². The maximum absolute atomic E-state index is 11.7. The number of carbonyl (C=O) groups excluding carboxylic acids is 1. The minimum atomic E-state index is -0.346. The van der Waals surface area contributed by atoms with Crippen molar-refractivity contribution in [1.29, 1.82) is 0 Å². The molecule has 0 aliphatic rings. The number of halogens is 2. The Bertz CT molecular complexity index is 904. The van der Waals surface area contributed by atoms with Gasteiger partial charge < -0.3 is 4.57 Å². The average molecular weight is 349 g/mol. The number of nitrogens with two attached hydrogens (primary N) is 1. The normalized spacial score (nSPS) is 11.0. The van der Waals surface area contributed by atoms with Gasteiger partial charge in [0, 0.05) is 15.6 Å². The van der Waals surface area contributed by atoms with Gasteiger partial charge in [-0.25, -0.2) is 10.8 Å². The van der Waals surface area contributed by atoms with Crippen LogP contribution in [0.5, 0.6) is 0 Å². The van der Waals surface area contributed by atoms with E-state index >= 15 is 0 Å². The summed E-state index contributed by atoms with van der Waals surface area (Å²) in [7, 11) is 0. The van der Waals surface area contributed by atoms with Crippen molar-refractivity contribution in [1.82, 2.24) is 15.0 Å². The lowest BCUT2D eigenvalue weighted by atomic mass is 10.1. The number of aryl methyl sites for hydroxylation is 1. The van der Waals surface area contributed by atoms with Gasteiger partial charge in [-0.1, -0.05) is 29.3 Å². The first-order chi connectivity index (χ1) is 11.0. The van der Waals surface area contributed by atoms with E-state index in [1.54, 1.807) is 30.3 Å². The van der Waals surface area contributed by atoms with Gasteiger partial charge in [0.2, 0.25) is 0 Å². The average Bonchev–Trinajstić information content (AvgIpc) is 2.84. The molecular formula is C16H14Cl2N4O. The Labute approximate surface area is 143 Å². The number of rotatable bonds is 3. The summed E-state index contributed by atoms with van der Waals surface area (Å²) in [4.78, 5) is 16.2. The highest BCUT2D eigenvalue weighted by Gasteiger charge is 2.12. The molecular weight excluding hydrogens is 335 g/mol. The van der Waals surface area contributed by atoms with Crippen molar-refractivity contribution in [2.45, 2.75) is 13.5 Å². The number of benzene rings is 2. The summed E-state index contributed by atoms with van der Waals surface area (Å²) in [5, 5.41) is 1.18. The summed E-state index contributed by atoms with van der Waals surface area (Å²) in [6, 6.07) is 10.6. The van der Waals surface area contributed by atoms with Crippen LogP contribution < -0.4 is 11.3 Å². The molecule has 1 amide bonds. The zero-order valence-corrected chi connectivity index (χ0v) is 13.8. The van der Waals surface area contributed by atoms with E-state index in [1.165, 1.54) is 0 Å². The van der Waals surface area contributed by atoms with Crippen LogP contribution in [0.2, 0.25) is 10.0 Å². The Morgan fingerprint density at radius 3 is 2.74 bits per heavy atom. The largest absolute Gasteiger partial charge is 0.324 e. The number of nitrogens with one attached hydrogen (secondary N) is 1. The molecule has 3 N–H and O–H groups in total. The zero-order valence-electron chi connectivity index (χ0n) is 12.3. The predicted molar refractivity (Wildman–Crippen MR) is 91.7 cm³/mol. The van der Waals surface area contributed by atoms with E-state index in [0.717, 1.165) is 22.4 Å². The molecule has 3 rings (SSSR count). The molecule has 0 saturated carbocycles. The van der Waals surface area contributed by atoms with Crippen LogP contribution in [0.15, 0.2) is 36.4 Å². The number of hydrogen-bond acceptors (Lipinski definition) is 3. The summed E-state index contributed by atoms with van der Waals surface area (Å²) in [5.41, 5.74) is 5.18. The topological polar surface area (TPSA) is 72.9 Å². The van der Waals surface area contributed by atoms with Crippen molar-refractivity contribution in [2.75, 3.05) is 0 Å². The number of hydrogen-bond donors (Lipinski definition) is 2. The summed E-state index contributed by atoms with van der Waals surface area (Å²) in [5.74, 6) is 5.68. The fourth-order valence-electron chi connectivity index (χ4n) is 2.49. The van der Waals surface area contributed by atoms with Gasteiger partial charge >= 0.3 is 0 Å². The maximum atomic E-state index is 11.7. The first-order valence-corrected chi connectivity index (χ1v) is 7.67. The number of nitrogens with zero attached hydrogens (tertiary/aromatic N) is 2. The molecule has 23 heavy (non-hydrogen) atoms. The van der Waals surface area contributed by atoms with Gasteiger partial charge in [0.25, 0.3) is 5.91 Å². The van der Waals surface area contributed by atoms with Crippen molar-refractivity contribution in [2.24, 2.45) is 5.84 Å². The van der Waals surface area contributed by atoms with Crippen molar-refractivity contribution < 1.29 is 4.79 Å². The van der Waals surface area contributed by atoms with Gasteiger partial charge in [-0.2, -0.15) is 0 Å². The Morgan fingerprint density at radius 1 is 1.26 bits per heavy atom. The Kier molecular flexibility index (Phi) is 4.26. The molecule has 0 fully saturated rings. The molecule has 0 aliphatic carbocycles. The number of amides is 1. The van der Waals surface area contributed by atoms with Crippen molar-refractivity contribution >= 4 is 40.1 Å². The van der Waals surface area contributed by atoms with Crippen LogP contribution in [0.25, 0.3) is 11.0 Å². The van der Waals surface area contributed by atoms with Crippen molar-refractivity contribution in [3.05, 3.63) is 63.4 Å². The Morgan fingerprint density at radius 2 is 2.04 bits per heavy atom. The van der Waals surface area contributed by atoms with E-state index < -0.39 is 0 Å². The number of aromatic nitrogens is 2. The molecule has 3 aromatic rings. The summed E-state index contributed by atoms with van der Waals surface area (Å²) in [6.45, 7) is 2.44. The molecule has 0 atom stereocenters.